The zero-order chi connectivity index (χ0) is 46.7. The maximum Gasteiger partial charge on any atom is 0.249 e. The molecule has 0 aromatic rings. The number of amides is 1. The minimum absolute atomic E-state index is 0.250. The molecule has 0 saturated carbocycles. The van der Waals surface area contributed by atoms with Gasteiger partial charge in [-0.15, -0.1) is 0 Å². The monoisotopic (exact) mass is 914 g/mol. The summed E-state index contributed by atoms with van der Waals surface area (Å²) in [5, 5.41) is 65.0. The lowest BCUT2D eigenvalue weighted by atomic mass is 9.99. The fraction of sp³-hybridized carbons (Fsp3) is 0.981. The van der Waals surface area contributed by atoms with Crippen molar-refractivity contribution in [1.82, 2.24) is 5.32 Å². The first kappa shape index (κ1) is 61.2. The number of aliphatic hydroxyl groups excluding tert-OH is 6. The Morgan fingerprint density at radius 1 is 0.469 bits per heavy atom. The zero-order valence-corrected chi connectivity index (χ0v) is 41.9. The lowest BCUT2D eigenvalue weighted by Crippen LogP contribution is -2.60. The molecule has 8 atom stereocenters. The minimum Gasteiger partial charge on any atom is -0.394 e. The largest absolute Gasteiger partial charge is 0.394 e. The topological polar surface area (TPSA) is 169 Å². The number of unbranched alkanes of at least 4 members (excludes halogenated alkanes) is 37. The van der Waals surface area contributed by atoms with Gasteiger partial charge in [0.25, 0.3) is 0 Å². The summed E-state index contributed by atoms with van der Waals surface area (Å²) in [6.45, 7) is 3.69. The van der Waals surface area contributed by atoms with Crippen molar-refractivity contribution in [3.8, 4) is 0 Å². The van der Waals surface area contributed by atoms with Crippen LogP contribution in [0.1, 0.15) is 277 Å². The Morgan fingerprint density at radius 2 is 0.781 bits per heavy atom. The summed E-state index contributed by atoms with van der Waals surface area (Å²) in [4.78, 5) is 13.1. The van der Waals surface area contributed by atoms with Gasteiger partial charge in [0.1, 0.15) is 30.5 Å². The molecule has 382 valence electrons. The van der Waals surface area contributed by atoms with E-state index in [0.29, 0.717) is 12.8 Å². The Labute approximate surface area is 394 Å². The number of carbonyl (C=O) groups is 1. The number of rotatable bonds is 48. The molecule has 1 heterocycles. The van der Waals surface area contributed by atoms with E-state index in [-0.39, 0.29) is 6.61 Å². The van der Waals surface area contributed by atoms with Gasteiger partial charge in [-0.3, -0.25) is 4.79 Å². The van der Waals surface area contributed by atoms with Crippen molar-refractivity contribution < 1.29 is 44.9 Å². The van der Waals surface area contributed by atoms with E-state index >= 15 is 0 Å². The molecular formula is C54H107NO9. The van der Waals surface area contributed by atoms with Gasteiger partial charge in [-0.1, -0.05) is 264 Å². The van der Waals surface area contributed by atoms with Gasteiger partial charge in [-0.05, 0) is 12.8 Å². The molecule has 1 saturated heterocycles. The lowest BCUT2D eigenvalue weighted by molar-refractivity contribution is -0.302. The summed E-state index contributed by atoms with van der Waals surface area (Å²) in [7, 11) is 0. The molecule has 0 spiro atoms. The fourth-order valence-corrected chi connectivity index (χ4v) is 9.29. The first-order valence-corrected chi connectivity index (χ1v) is 27.8. The Balaban J connectivity index is 2.18. The van der Waals surface area contributed by atoms with Crippen LogP contribution in [0.15, 0.2) is 0 Å². The second-order valence-corrected chi connectivity index (χ2v) is 19.9. The van der Waals surface area contributed by atoms with E-state index in [1.807, 2.05) is 0 Å². The molecule has 0 aromatic heterocycles. The highest BCUT2D eigenvalue weighted by Crippen LogP contribution is 2.23. The van der Waals surface area contributed by atoms with Gasteiger partial charge in [0.05, 0.1) is 25.4 Å². The number of nitrogens with one attached hydrogen (secondary N) is 1. The smallest absolute Gasteiger partial charge is 0.249 e. The van der Waals surface area contributed by atoms with Crippen molar-refractivity contribution in [3.05, 3.63) is 0 Å². The van der Waals surface area contributed by atoms with E-state index < -0.39 is 61.5 Å². The Kier molecular flexibility index (Phi) is 42.7. The Bertz CT molecular complexity index is 988. The van der Waals surface area contributed by atoms with Crippen LogP contribution in [0.2, 0.25) is 0 Å². The van der Waals surface area contributed by atoms with Crippen LogP contribution >= 0.6 is 0 Å². The number of aliphatic hydroxyl groups is 6. The molecule has 1 amide bonds. The average molecular weight is 914 g/mol. The Hall–Kier alpha value is -0.850. The molecule has 10 nitrogen and oxygen atoms in total. The first-order chi connectivity index (χ1) is 31.3. The van der Waals surface area contributed by atoms with Gasteiger partial charge >= 0.3 is 0 Å². The second kappa shape index (κ2) is 44.6. The quantitative estimate of drug-likeness (QED) is 0.0294. The fourth-order valence-electron chi connectivity index (χ4n) is 9.29. The van der Waals surface area contributed by atoms with Gasteiger partial charge < -0.3 is 45.4 Å². The molecule has 1 aliphatic rings. The van der Waals surface area contributed by atoms with Crippen LogP contribution < -0.4 is 5.32 Å². The maximum absolute atomic E-state index is 13.1. The molecule has 0 radical (unpaired) electrons. The summed E-state index contributed by atoms with van der Waals surface area (Å²) >= 11 is 0. The number of ether oxygens (including phenoxy) is 2. The lowest BCUT2D eigenvalue weighted by Gasteiger charge is -2.40. The number of carbonyl (C=O) groups excluding carboxylic acids is 1. The summed E-state index contributed by atoms with van der Waals surface area (Å²) in [5.74, 6) is -0.578. The molecule has 7 N–H and O–H groups in total. The van der Waals surface area contributed by atoms with Crippen LogP contribution in [0.3, 0.4) is 0 Å². The molecule has 64 heavy (non-hydrogen) atoms. The van der Waals surface area contributed by atoms with Crippen molar-refractivity contribution in [3.63, 3.8) is 0 Å². The average Bonchev–Trinajstić information content (AvgIpc) is 3.29. The van der Waals surface area contributed by atoms with E-state index in [1.54, 1.807) is 0 Å². The molecule has 1 rings (SSSR count). The molecule has 0 bridgehead atoms. The molecule has 1 fully saturated rings. The van der Waals surface area contributed by atoms with E-state index in [2.05, 4.69) is 19.2 Å². The number of hydrogen-bond donors (Lipinski definition) is 7. The van der Waals surface area contributed by atoms with Crippen LogP contribution in [-0.2, 0) is 14.3 Å². The summed E-state index contributed by atoms with van der Waals surface area (Å²) in [5.41, 5.74) is 0. The van der Waals surface area contributed by atoms with Crippen molar-refractivity contribution in [2.75, 3.05) is 13.2 Å². The van der Waals surface area contributed by atoms with E-state index in [0.717, 1.165) is 44.9 Å². The molecule has 8 unspecified atom stereocenters. The van der Waals surface area contributed by atoms with E-state index in [4.69, 9.17) is 9.47 Å². The third-order valence-corrected chi connectivity index (χ3v) is 13.8. The SMILES string of the molecule is CCCCCCCCCCCCCCCCCCCCCCCCCCCCCC(O)C(=O)NC(COC1OC(CO)C(O)C(O)C1O)C(O)CCCCCCCCCCCCCC. The van der Waals surface area contributed by atoms with Crippen LogP contribution in [-0.4, -0.2) is 98.7 Å². The molecule has 1 aliphatic heterocycles. The normalized spacial score (nSPS) is 20.4. The van der Waals surface area contributed by atoms with Crippen molar-refractivity contribution in [2.24, 2.45) is 0 Å². The van der Waals surface area contributed by atoms with Crippen LogP contribution in [0.4, 0.5) is 0 Å². The highest BCUT2D eigenvalue weighted by atomic mass is 16.7. The molecule has 0 aromatic carbocycles. The predicted molar refractivity (Wildman–Crippen MR) is 264 cm³/mol. The second-order valence-electron chi connectivity index (χ2n) is 19.9. The summed E-state index contributed by atoms with van der Waals surface area (Å²) < 4.78 is 11.2. The van der Waals surface area contributed by atoms with Crippen molar-refractivity contribution >= 4 is 5.91 Å². The summed E-state index contributed by atoms with van der Waals surface area (Å²) in [6.07, 6.45) is 41.8. The Morgan fingerprint density at radius 3 is 1.11 bits per heavy atom. The highest BCUT2D eigenvalue weighted by molar-refractivity contribution is 5.80. The third kappa shape index (κ3) is 33.6. The van der Waals surface area contributed by atoms with Crippen LogP contribution in [0.25, 0.3) is 0 Å². The predicted octanol–water partition coefficient (Wildman–Crippen LogP) is 12.0. The van der Waals surface area contributed by atoms with E-state index in [1.165, 1.54) is 205 Å². The van der Waals surface area contributed by atoms with Gasteiger partial charge in [0.2, 0.25) is 5.91 Å². The maximum atomic E-state index is 13.1. The standard InChI is InChI=1S/C54H107NO9/c1-3-5-7-9-11-13-15-17-18-19-20-21-22-23-24-25-26-27-28-29-30-31-33-35-37-39-41-43-48(58)53(62)55-46(45-63-54-52(61)51(60)50(59)49(44-56)64-54)47(57)42-40-38-36-34-32-16-14-12-10-8-6-4-2/h46-52,54,56-61H,3-45H2,1-2H3,(H,55,62). The third-order valence-electron chi connectivity index (χ3n) is 13.8. The van der Waals surface area contributed by atoms with Crippen LogP contribution in [0, 0.1) is 0 Å². The van der Waals surface area contributed by atoms with Crippen LogP contribution in [0.5, 0.6) is 0 Å². The summed E-state index contributed by atoms with van der Waals surface area (Å²) in [6, 6.07) is -0.888. The molecular weight excluding hydrogens is 807 g/mol. The number of hydrogen-bond acceptors (Lipinski definition) is 9. The molecule has 10 heteroatoms. The van der Waals surface area contributed by atoms with Crippen molar-refractivity contribution in [2.45, 2.75) is 326 Å². The van der Waals surface area contributed by atoms with Gasteiger partial charge in [-0.2, -0.15) is 0 Å². The van der Waals surface area contributed by atoms with Crippen molar-refractivity contribution in [1.29, 1.82) is 0 Å². The molecule has 0 aliphatic carbocycles. The highest BCUT2D eigenvalue weighted by Gasteiger charge is 2.44. The zero-order valence-electron chi connectivity index (χ0n) is 41.9. The van der Waals surface area contributed by atoms with Gasteiger partial charge in [0, 0.05) is 0 Å². The van der Waals surface area contributed by atoms with Gasteiger partial charge in [0.15, 0.2) is 6.29 Å². The van der Waals surface area contributed by atoms with E-state index in [9.17, 15) is 35.4 Å². The first-order valence-electron chi connectivity index (χ1n) is 27.8. The minimum atomic E-state index is -1.59. The van der Waals surface area contributed by atoms with Gasteiger partial charge in [-0.25, -0.2) is 0 Å².